The maximum Gasteiger partial charge on any atom is 0.165 e. The molecule has 9 rings (SSSR count). The Morgan fingerprint density at radius 1 is 0.551 bits per heavy atom. The first-order valence-corrected chi connectivity index (χ1v) is 17.0. The van der Waals surface area contributed by atoms with E-state index in [1.54, 1.807) is 0 Å². The fraction of sp³-hybridized carbons (Fsp3) is 0.114. The van der Waals surface area contributed by atoms with Crippen molar-refractivity contribution in [1.82, 2.24) is 19.9 Å². The van der Waals surface area contributed by atoms with Crippen molar-refractivity contribution in [2.45, 2.75) is 31.1 Å². The summed E-state index contributed by atoms with van der Waals surface area (Å²) < 4.78 is 0. The molecule has 0 saturated carbocycles. The summed E-state index contributed by atoms with van der Waals surface area (Å²) in [6.45, 7) is 0. The lowest BCUT2D eigenvalue weighted by Crippen LogP contribution is -2.37. The van der Waals surface area contributed by atoms with Gasteiger partial charge in [0.1, 0.15) is 0 Å². The average Bonchev–Trinajstić information content (AvgIpc) is 3.49. The van der Waals surface area contributed by atoms with Gasteiger partial charge in [-0.15, -0.1) is 0 Å². The molecule has 0 spiro atoms. The van der Waals surface area contributed by atoms with Crippen LogP contribution in [0.15, 0.2) is 157 Å². The number of hydrogen-bond donors (Lipinski definition) is 0. The normalized spacial score (nSPS) is 17.6. The second kappa shape index (κ2) is 12.2. The molecule has 0 fully saturated rings. The Labute approximate surface area is 286 Å². The van der Waals surface area contributed by atoms with Crippen molar-refractivity contribution in [1.29, 1.82) is 0 Å². The summed E-state index contributed by atoms with van der Waals surface area (Å²) in [6, 6.07) is 40.7. The summed E-state index contributed by atoms with van der Waals surface area (Å²) in [7, 11) is 0. The topological polar surface area (TPSA) is 63.9 Å². The van der Waals surface area contributed by atoms with Crippen molar-refractivity contribution in [2.24, 2.45) is 4.99 Å². The number of aromatic nitrogens is 4. The van der Waals surface area contributed by atoms with Crippen molar-refractivity contribution < 1.29 is 0 Å². The molecule has 4 aromatic carbocycles. The van der Waals surface area contributed by atoms with Crippen LogP contribution in [-0.4, -0.2) is 25.6 Å². The molecule has 0 radical (unpaired) electrons. The average molecular weight is 632 g/mol. The van der Waals surface area contributed by atoms with Crippen LogP contribution in [0, 0.1) is 0 Å². The maximum atomic E-state index is 5.04. The zero-order valence-corrected chi connectivity index (χ0v) is 27.0. The third-order valence-electron chi connectivity index (χ3n) is 9.81. The molecular formula is C44H33N5. The number of pyridine rings is 1. The van der Waals surface area contributed by atoms with Crippen LogP contribution in [0.5, 0.6) is 0 Å². The molecule has 1 atom stereocenters. The van der Waals surface area contributed by atoms with Gasteiger partial charge in [0.05, 0.1) is 11.1 Å². The number of fused-ring (bicyclic) bond motifs is 3. The van der Waals surface area contributed by atoms with Gasteiger partial charge < -0.3 is 0 Å². The lowest BCUT2D eigenvalue weighted by molar-refractivity contribution is 0.812. The zero-order valence-electron chi connectivity index (χ0n) is 27.0. The minimum Gasteiger partial charge on any atom is -0.264 e. The first kappa shape index (κ1) is 29.1. The van der Waals surface area contributed by atoms with Gasteiger partial charge in [-0.25, -0.2) is 15.0 Å². The highest BCUT2D eigenvalue weighted by atomic mass is 15.0. The van der Waals surface area contributed by atoms with Crippen LogP contribution in [0.1, 0.15) is 48.2 Å². The summed E-state index contributed by atoms with van der Waals surface area (Å²) in [5.74, 6) is 1.95. The molecule has 1 aliphatic heterocycles. The summed E-state index contributed by atoms with van der Waals surface area (Å²) >= 11 is 0. The fourth-order valence-electron chi connectivity index (χ4n) is 7.53. The summed E-state index contributed by atoms with van der Waals surface area (Å²) in [5.41, 5.74) is 11.8. The first-order valence-electron chi connectivity index (χ1n) is 17.0. The molecule has 0 amide bonds. The zero-order chi connectivity index (χ0) is 32.6. The molecule has 6 aromatic rings. The van der Waals surface area contributed by atoms with Crippen molar-refractivity contribution >= 4 is 11.3 Å². The molecule has 3 aliphatic rings. The largest absolute Gasteiger partial charge is 0.264 e. The molecule has 2 aromatic heterocycles. The smallest absolute Gasteiger partial charge is 0.165 e. The van der Waals surface area contributed by atoms with E-state index in [9.17, 15) is 0 Å². The standard InChI is InChI=1S/C44H33N5/c1-4-14-30(15-5-1)41-47-42(31-16-6-2-7-17-31)49-43(48-41)33-24-26-39(46-29-33)32-23-25-38-36(28-32)35-20-10-11-21-37(35)44(38,34-18-8-3-9-19-34)40-22-12-13-27-45-40/h1,3-6,8-11,13-21,23-29H,2,7,12,22H2. The van der Waals surface area contributed by atoms with Crippen molar-refractivity contribution in [3.63, 3.8) is 0 Å². The van der Waals surface area contributed by atoms with Crippen LogP contribution < -0.4 is 0 Å². The molecule has 1 unspecified atom stereocenters. The van der Waals surface area contributed by atoms with Crippen molar-refractivity contribution in [3.05, 3.63) is 174 Å². The van der Waals surface area contributed by atoms with Crippen LogP contribution in [0.2, 0.25) is 0 Å². The highest BCUT2D eigenvalue weighted by Crippen LogP contribution is 2.55. The Bertz CT molecular complexity index is 2320. The monoisotopic (exact) mass is 631 g/mol. The predicted octanol–water partition coefficient (Wildman–Crippen LogP) is 10.1. The second-order valence-corrected chi connectivity index (χ2v) is 12.7. The molecule has 3 heterocycles. The SMILES string of the molecule is C1=CC(c2nc(-c3ccccc3)nc(-c3ccc(-c4ccc5c(c4)-c4ccccc4C5(C4=NC=CCC4)c4ccccc4)nc3)n2)=CCC1. The van der Waals surface area contributed by atoms with E-state index in [1.807, 2.05) is 42.7 Å². The van der Waals surface area contributed by atoms with E-state index >= 15 is 0 Å². The molecule has 2 aliphatic carbocycles. The fourth-order valence-corrected chi connectivity index (χ4v) is 7.53. The number of benzene rings is 4. The quantitative estimate of drug-likeness (QED) is 0.184. The van der Waals surface area contributed by atoms with E-state index in [1.165, 1.54) is 33.5 Å². The van der Waals surface area contributed by atoms with Crippen LogP contribution in [0.4, 0.5) is 0 Å². The number of rotatable bonds is 6. The Morgan fingerprint density at radius 3 is 2.04 bits per heavy atom. The van der Waals surface area contributed by atoms with E-state index < -0.39 is 5.41 Å². The van der Waals surface area contributed by atoms with E-state index in [0.29, 0.717) is 17.5 Å². The highest BCUT2D eigenvalue weighted by molar-refractivity contribution is 6.08. The lowest BCUT2D eigenvalue weighted by Gasteiger charge is -2.35. The van der Waals surface area contributed by atoms with Crippen LogP contribution >= 0.6 is 0 Å². The van der Waals surface area contributed by atoms with Gasteiger partial charge in [-0.2, -0.15) is 0 Å². The summed E-state index contributed by atoms with van der Waals surface area (Å²) in [4.78, 5) is 24.7. The molecule has 49 heavy (non-hydrogen) atoms. The third kappa shape index (κ3) is 4.97. The Hall–Kier alpha value is -6.07. The molecule has 5 nitrogen and oxygen atoms in total. The number of hydrogen-bond acceptors (Lipinski definition) is 5. The van der Waals surface area contributed by atoms with E-state index in [-0.39, 0.29) is 0 Å². The van der Waals surface area contributed by atoms with Crippen molar-refractivity contribution in [3.8, 4) is 45.2 Å². The van der Waals surface area contributed by atoms with Crippen molar-refractivity contribution in [2.75, 3.05) is 0 Å². The van der Waals surface area contributed by atoms with E-state index in [4.69, 9.17) is 24.9 Å². The number of aliphatic imine (C=N–C) groups is 1. The van der Waals surface area contributed by atoms with E-state index in [2.05, 4.69) is 109 Å². The Balaban J connectivity index is 1.14. The molecule has 0 N–H and O–H groups in total. The molecule has 0 saturated heterocycles. The number of allylic oxidation sites excluding steroid dienone is 5. The van der Waals surface area contributed by atoms with Gasteiger partial charge in [0, 0.05) is 40.4 Å². The first-order chi connectivity index (χ1) is 24.3. The van der Waals surface area contributed by atoms with Crippen LogP contribution in [-0.2, 0) is 5.41 Å². The van der Waals surface area contributed by atoms with E-state index in [0.717, 1.165) is 53.6 Å². The highest BCUT2D eigenvalue weighted by Gasteiger charge is 2.48. The van der Waals surface area contributed by atoms with Gasteiger partial charge >= 0.3 is 0 Å². The van der Waals surface area contributed by atoms with Gasteiger partial charge in [0.25, 0.3) is 0 Å². The minimum atomic E-state index is -0.441. The van der Waals surface area contributed by atoms with Crippen LogP contribution in [0.3, 0.4) is 0 Å². The maximum absolute atomic E-state index is 5.04. The van der Waals surface area contributed by atoms with Gasteiger partial charge in [0.2, 0.25) is 0 Å². The second-order valence-electron chi connectivity index (χ2n) is 12.7. The van der Waals surface area contributed by atoms with Crippen LogP contribution in [0.25, 0.3) is 50.7 Å². The third-order valence-corrected chi connectivity index (χ3v) is 9.81. The number of nitrogens with zero attached hydrogens (tertiary/aromatic N) is 5. The molecular weight excluding hydrogens is 599 g/mol. The van der Waals surface area contributed by atoms with Gasteiger partial charge in [0.15, 0.2) is 17.5 Å². The summed E-state index contributed by atoms with van der Waals surface area (Å²) in [6.07, 6.45) is 16.4. The summed E-state index contributed by atoms with van der Waals surface area (Å²) in [5, 5.41) is 0. The Kier molecular flexibility index (Phi) is 7.24. The minimum absolute atomic E-state index is 0.441. The lowest BCUT2D eigenvalue weighted by atomic mass is 9.67. The van der Waals surface area contributed by atoms with Gasteiger partial charge in [-0.1, -0.05) is 121 Å². The Morgan fingerprint density at radius 2 is 1.29 bits per heavy atom. The molecule has 5 heteroatoms. The van der Waals surface area contributed by atoms with Gasteiger partial charge in [-0.05, 0) is 71.7 Å². The van der Waals surface area contributed by atoms with Gasteiger partial charge in [-0.3, -0.25) is 9.98 Å². The molecule has 234 valence electrons. The predicted molar refractivity (Wildman–Crippen MR) is 198 cm³/mol. The molecule has 0 bridgehead atoms.